The van der Waals surface area contributed by atoms with Crippen molar-refractivity contribution in [3.63, 3.8) is 0 Å². The molecular formula is C21H22N2O4. The SMILES string of the molecule is CCOc1cc2c(cc1/C=C/C(=O)Nc1cccc(C(N)=O)c1)OC(C)C2. The van der Waals surface area contributed by atoms with Gasteiger partial charge in [-0.1, -0.05) is 6.07 Å². The Bertz CT molecular complexity index is 905. The predicted molar refractivity (Wildman–Crippen MR) is 104 cm³/mol. The fourth-order valence-corrected chi connectivity index (χ4v) is 2.97. The molecule has 1 atom stereocenters. The smallest absolute Gasteiger partial charge is 0.248 e. The van der Waals surface area contributed by atoms with Gasteiger partial charge in [-0.3, -0.25) is 9.59 Å². The summed E-state index contributed by atoms with van der Waals surface area (Å²) in [6.45, 7) is 4.46. The molecular weight excluding hydrogens is 344 g/mol. The highest BCUT2D eigenvalue weighted by molar-refractivity contribution is 6.03. The molecule has 0 saturated carbocycles. The summed E-state index contributed by atoms with van der Waals surface area (Å²) in [6, 6.07) is 10.3. The van der Waals surface area contributed by atoms with Gasteiger partial charge in [0.05, 0.1) is 6.61 Å². The molecule has 2 amide bonds. The van der Waals surface area contributed by atoms with Crippen molar-refractivity contribution >= 4 is 23.6 Å². The van der Waals surface area contributed by atoms with Gasteiger partial charge >= 0.3 is 0 Å². The van der Waals surface area contributed by atoms with Crippen LogP contribution in [-0.2, 0) is 11.2 Å². The van der Waals surface area contributed by atoms with Gasteiger partial charge in [-0.25, -0.2) is 0 Å². The summed E-state index contributed by atoms with van der Waals surface area (Å²) in [7, 11) is 0. The molecule has 6 heteroatoms. The summed E-state index contributed by atoms with van der Waals surface area (Å²) in [5.41, 5.74) is 7.96. The molecule has 1 heterocycles. The summed E-state index contributed by atoms with van der Waals surface area (Å²) in [6.07, 6.45) is 4.08. The number of ether oxygens (including phenoxy) is 2. The minimum atomic E-state index is -0.546. The molecule has 0 radical (unpaired) electrons. The number of primary amides is 1. The third-order valence-corrected chi connectivity index (χ3v) is 4.16. The van der Waals surface area contributed by atoms with Crippen LogP contribution in [0.15, 0.2) is 42.5 Å². The van der Waals surface area contributed by atoms with E-state index in [0.29, 0.717) is 23.6 Å². The largest absolute Gasteiger partial charge is 0.493 e. The molecule has 6 nitrogen and oxygen atoms in total. The molecule has 1 unspecified atom stereocenters. The molecule has 3 rings (SSSR count). The monoisotopic (exact) mass is 366 g/mol. The van der Waals surface area contributed by atoms with Crippen LogP contribution in [0.3, 0.4) is 0 Å². The zero-order valence-corrected chi connectivity index (χ0v) is 15.3. The standard InChI is InChI=1S/C21H22N2O4/c1-3-26-18-12-16-9-13(2)27-19(16)11-14(18)7-8-20(24)23-17-6-4-5-15(10-17)21(22)25/h4-8,10-13H,3,9H2,1-2H3,(H2,22,25)(H,23,24)/b8-7+. The van der Waals surface area contributed by atoms with Gasteiger partial charge in [0, 0.05) is 34.9 Å². The van der Waals surface area contributed by atoms with Crippen molar-refractivity contribution in [3.8, 4) is 11.5 Å². The lowest BCUT2D eigenvalue weighted by Crippen LogP contribution is -2.12. The molecule has 140 valence electrons. The van der Waals surface area contributed by atoms with Crippen molar-refractivity contribution in [3.05, 3.63) is 59.2 Å². The number of benzene rings is 2. The summed E-state index contributed by atoms with van der Waals surface area (Å²) < 4.78 is 11.5. The number of anilines is 1. The highest BCUT2D eigenvalue weighted by atomic mass is 16.5. The van der Waals surface area contributed by atoms with E-state index in [2.05, 4.69) is 5.32 Å². The number of amides is 2. The van der Waals surface area contributed by atoms with Gasteiger partial charge in [0.1, 0.15) is 17.6 Å². The second-order valence-electron chi connectivity index (χ2n) is 6.33. The second kappa shape index (κ2) is 7.95. The van der Waals surface area contributed by atoms with Gasteiger partial charge in [-0.15, -0.1) is 0 Å². The molecule has 0 aromatic heterocycles. The zero-order chi connectivity index (χ0) is 19.4. The summed E-state index contributed by atoms with van der Waals surface area (Å²) in [5, 5.41) is 2.71. The molecule has 0 saturated heterocycles. The van der Waals surface area contributed by atoms with E-state index in [1.165, 1.54) is 12.1 Å². The number of carbonyl (C=O) groups is 2. The fraction of sp³-hybridized carbons (Fsp3) is 0.238. The number of nitrogens with one attached hydrogen (secondary N) is 1. The van der Waals surface area contributed by atoms with Crippen molar-refractivity contribution < 1.29 is 19.1 Å². The third-order valence-electron chi connectivity index (χ3n) is 4.16. The lowest BCUT2D eigenvalue weighted by Gasteiger charge is -2.10. The summed E-state index contributed by atoms with van der Waals surface area (Å²) in [5.74, 6) is 0.665. The van der Waals surface area contributed by atoms with Crippen molar-refractivity contribution in [2.24, 2.45) is 5.73 Å². The molecule has 0 fully saturated rings. The Morgan fingerprint density at radius 2 is 2.15 bits per heavy atom. The first-order chi connectivity index (χ1) is 13.0. The van der Waals surface area contributed by atoms with Crippen LogP contribution in [0.4, 0.5) is 5.69 Å². The van der Waals surface area contributed by atoms with Crippen LogP contribution in [0.25, 0.3) is 6.08 Å². The molecule has 1 aliphatic heterocycles. The lowest BCUT2D eigenvalue weighted by molar-refractivity contribution is -0.111. The van der Waals surface area contributed by atoms with E-state index in [4.69, 9.17) is 15.2 Å². The van der Waals surface area contributed by atoms with Crippen molar-refractivity contribution in [2.75, 3.05) is 11.9 Å². The maximum atomic E-state index is 12.2. The Kier molecular flexibility index (Phi) is 5.45. The molecule has 1 aliphatic rings. The molecule has 3 N–H and O–H groups in total. The topological polar surface area (TPSA) is 90.6 Å². The molecule has 0 bridgehead atoms. The Morgan fingerprint density at radius 3 is 2.89 bits per heavy atom. The van der Waals surface area contributed by atoms with E-state index >= 15 is 0 Å². The van der Waals surface area contributed by atoms with Crippen molar-refractivity contribution in [1.29, 1.82) is 0 Å². The first kappa shape index (κ1) is 18.5. The van der Waals surface area contributed by atoms with Crippen LogP contribution < -0.4 is 20.5 Å². The number of nitrogens with two attached hydrogens (primary N) is 1. The van der Waals surface area contributed by atoms with Crippen LogP contribution in [0, 0.1) is 0 Å². The predicted octanol–water partition coefficient (Wildman–Crippen LogP) is 3.16. The van der Waals surface area contributed by atoms with Crippen LogP contribution in [0.2, 0.25) is 0 Å². The van der Waals surface area contributed by atoms with Gasteiger partial charge < -0.3 is 20.5 Å². The molecule has 0 aliphatic carbocycles. The summed E-state index contributed by atoms with van der Waals surface area (Å²) in [4.78, 5) is 23.5. The average Bonchev–Trinajstić information content (AvgIpc) is 2.99. The number of rotatable bonds is 6. The zero-order valence-electron chi connectivity index (χ0n) is 15.3. The van der Waals surface area contributed by atoms with Crippen LogP contribution in [0.1, 0.15) is 35.3 Å². The van der Waals surface area contributed by atoms with Gasteiger partial charge in [0.2, 0.25) is 11.8 Å². The number of carbonyl (C=O) groups excluding carboxylic acids is 2. The number of fused-ring (bicyclic) bond motifs is 1. The van der Waals surface area contributed by atoms with Gasteiger partial charge in [0.15, 0.2) is 0 Å². The fourth-order valence-electron chi connectivity index (χ4n) is 2.97. The van der Waals surface area contributed by atoms with E-state index in [9.17, 15) is 9.59 Å². The Hall–Kier alpha value is -3.28. The maximum Gasteiger partial charge on any atom is 0.248 e. The first-order valence-electron chi connectivity index (χ1n) is 8.81. The maximum absolute atomic E-state index is 12.2. The van der Waals surface area contributed by atoms with Crippen LogP contribution in [-0.4, -0.2) is 24.5 Å². The molecule has 0 spiro atoms. The second-order valence-corrected chi connectivity index (χ2v) is 6.33. The van der Waals surface area contributed by atoms with E-state index < -0.39 is 5.91 Å². The minimum absolute atomic E-state index is 0.134. The Morgan fingerprint density at radius 1 is 1.33 bits per heavy atom. The van der Waals surface area contributed by atoms with Crippen LogP contribution >= 0.6 is 0 Å². The quantitative estimate of drug-likeness (QED) is 0.769. The molecule has 2 aromatic rings. The number of hydrogen-bond acceptors (Lipinski definition) is 4. The normalized spacial score (nSPS) is 15.3. The van der Waals surface area contributed by atoms with E-state index in [-0.39, 0.29) is 12.0 Å². The minimum Gasteiger partial charge on any atom is -0.493 e. The van der Waals surface area contributed by atoms with E-state index in [1.807, 2.05) is 26.0 Å². The van der Waals surface area contributed by atoms with Gasteiger partial charge in [0.25, 0.3) is 0 Å². The molecule has 2 aromatic carbocycles. The Labute approximate surface area is 158 Å². The first-order valence-corrected chi connectivity index (χ1v) is 8.81. The van der Waals surface area contributed by atoms with Gasteiger partial charge in [-0.2, -0.15) is 0 Å². The molecule has 27 heavy (non-hydrogen) atoms. The van der Waals surface area contributed by atoms with Gasteiger partial charge in [-0.05, 0) is 50.3 Å². The van der Waals surface area contributed by atoms with E-state index in [1.54, 1.807) is 24.3 Å². The summed E-state index contributed by atoms with van der Waals surface area (Å²) >= 11 is 0. The van der Waals surface area contributed by atoms with Crippen LogP contribution in [0.5, 0.6) is 11.5 Å². The number of hydrogen-bond donors (Lipinski definition) is 2. The third kappa shape index (κ3) is 4.47. The van der Waals surface area contributed by atoms with Crippen molar-refractivity contribution in [2.45, 2.75) is 26.4 Å². The van der Waals surface area contributed by atoms with E-state index in [0.717, 1.165) is 23.3 Å². The lowest BCUT2D eigenvalue weighted by atomic mass is 10.1. The highest BCUT2D eigenvalue weighted by Gasteiger charge is 2.21. The van der Waals surface area contributed by atoms with Crippen molar-refractivity contribution in [1.82, 2.24) is 0 Å². The highest BCUT2D eigenvalue weighted by Crippen LogP contribution is 2.35. The average molecular weight is 366 g/mol. The Balaban J connectivity index is 1.77.